The number of ether oxygens (including phenoxy) is 1. The van der Waals surface area contributed by atoms with Crippen LogP contribution >= 0.6 is 0 Å². The molecule has 0 aliphatic rings. The van der Waals surface area contributed by atoms with E-state index in [0.29, 0.717) is 0 Å². The van der Waals surface area contributed by atoms with E-state index in [1.807, 2.05) is 5.43 Å². The van der Waals surface area contributed by atoms with Gasteiger partial charge in [-0.3, -0.25) is 19.7 Å². The van der Waals surface area contributed by atoms with Crippen LogP contribution in [0.15, 0.2) is 17.2 Å². The largest absolute Gasteiger partial charge is 0.500 e. The number of phenolic OH excluding ortho intramolecular Hbond substituents is 1. The molecule has 23 heavy (non-hydrogen) atoms. The van der Waals surface area contributed by atoms with Crippen LogP contribution in [0.4, 0.5) is 5.69 Å². The van der Waals surface area contributed by atoms with E-state index in [1.54, 1.807) is 13.8 Å². The van der Waals surface area contributed by atoms with E-state index in [0.717, 1.165) is 12.3 Å². The van der Waals surface area contributed by atoms with Gasteiger partial charge in [0.15, 0.2) is 5.75 Å². The van der Waals surface area contributed by atoms with Crippen LogP contribution in [0.5, 0.6) is 11.5 Å². The van der Waals surface area contributed by atoms with Crippen LogP contribution < -0.4 is 15.5 Å². The van der Waals surface area contributed by atoms with Gasteiger partial charge in [-0.1, -0.05) is 0 Å². The molecular weight excluding hydrogens is 308 g/mol. The molecule has 1 rings (SSSR count). The molecule has 0 saturated heterocycles. The van der Waals surface area contributed by atoms with E-state index in [1.165, 1.54) is 6.07 Å². The number of hydrazone groups is 1. The Labute approximate surface area is 131 Å². The zero-order valence-corrected chi connectivity index (χ0v) is 12.5. The van der Waals surface area contributed by atoms with Gasteiger partial charge < -0.3 is 15.2 Å². The molecular formula is C13H16N4O6. The van der Waals surface area contributed by atoms with Gasteiger partial charge in [-0.25, -0.2) is 5.43 Å². The quantitative estimate of drug-likeness (QED) is 0.297. The second kappa shape index (κ2) is 8.32. The number of carbonyl (C=O) groups is 2. The average Bonchev–Trinajstić information content (AvgIpc) is 2.50. The molecule has 0 saturated carbocycles. The third-order valence-electron chi connectivity index (χ3n) is 2.50. The van der Waals surface area contributed by atoms with Gasteiger partial charge in [-0.2, -0.15) is 5.10 Å². The molecule has 0 spiro atoms. The summed E-state index contributed by atoms with van der Waals surface area (Å²) in [6.07, 6.45) is 1.09. The highest BCUT2D eigenvalue weighted by molar-refractivity contribution is 6.35. The fourth-order valence-corrected chi connectivity index (χ4v) is 1.55. The Kier molecular flexibility index (Phi) is 6.46. The second-order valence-corrected chi connectivity index (χ2v) is 4.14. The average molecular weight is 324 g/mol. The summed E-state index contributed by atoms with van der Waals surface area (Å²) in [5.41, 5.74) is 1.62. The Morgan fingerprint density at radius 2 is 2.09 bits per heavy atom. The van der Waals surface area contributed by atoms with Gasteiger partial charge in [-0.05, 0) is 19.9 Å². The Bertz CT molecular complexity index is 644. The summed E-state index contributed by atoms with van der Waals surface area (Å²) in [7, 11) is 0. The standard InChI is InChI=1S/C13H16N4O6/c1-3-14-12(19)13(20)16-15-7-8-5-9(17(21)22)11(18)10(6-8)23-4-2/h5-7,18H,3-4H2,1-2H3,(H,14,19)(H,16,20)/b15-7-. The van der Waals surface area contributed by atoms with Crippen molar-refractivity contribution in [3.05, 3.63) is 27.8 Å². The van der Waals surface area contributed by atoms with Gasteiger partial charge in [0.05, 0.1) is 17.7 Å². The zero-order valence-electron chi connectivity index (χ0n) is 12.5. The third-order valence-corrected chi connectivity index (χ3v) is 2.50. The number of nitrogens with one attached hydrogen (secondary N) is 2. The first-order valence-corrected chi connectivity index (χ1v) is 6.66. The van der Waals surface area contributed by atoms with Crippen molar-refractivity contribution in [1.29, 1.82) is 0 Å². The first-order chi connectivity index (χ1) is 10.9. The van der Waals surface area contributed by atoms with E-state index < -0.39 is 28.2 Å². The molecule has 1 aromatic carbocycles. The van der Waals surface area contributed by atoms with E-state index in [9.17, 15) is 24.8 Å². The van der Waals surface area contributed by atoms with Crippen molar-refractivity contribution in [2.45, 2.75) is 13.8 Å². The summed E-state index contributed by atoms with van der Waals surface area (Å²) in [4.78, 5) is 32.6. The molecule has 1 aromatic rings. The van der Waals surface area contributed by atoms with E-state index in [2.05, 4.69) is 10.4 Å². The van der Waals surface area contributed by atoms with Crippen molar-refractivity contribution in [2.24, 2.45) is 5.10 Å². The number of benzene rings is 1. The molecule has 0 bridgehead atoms. The van der Waals surface area contributed by atoms with Crippen LogP contribution in [0.25, 0.3) is 0 Å². The summed E-state index contributed by atoms with van der Waals surface area (Å²) in [6.45, 7) is 3.79. The fraction of sp³-hybridized carbons (Fsp3) is 0.308. The van der Waals surface area contributed by atoms with Gasteiger partial charge in [0, 0.05) is 18.2 Å². The lowest BCUT2D eigenvalue weighted by atomic mass is 10.2. The Balaban J connectivity index is 2.95. The first kappa shape index (κ1) is 17.9. The molecule has 3 N–H and O–H groups in total. The predicted octanol–water partition coefficient (Wildman–Crippen LogP) is 0.285. The van der Waals surface area contributed by atoms with Crippen molar-refractivity contribution in [2.75, 3.05) is 13.2 Å². The minimum Gasteiger partial charge on any atom is -0.500 e. The third kappa shape index (κ3) is 4.95. The monoisotopic (exact) mass is 324 g/mol. The number of hydrogen-bond acceptors (Lipinski definition) is 7. The van der Waals surface area contributed by atoms with Crippen molar-refractivity contribution >= 4 is 23.7 Å². The van der Waals surface area contributed by atoms with Gasteiger partial charge >= 0.3 is 17.5 Å². The van der Waals surface area contributed by atoms with Crippen LogP contribution in [0, 0.1) is 10.1 Å². The van der Waals surface area contributed by atoms with Crippen molar-refractivity contribution < 1.29 is 24.4 Å². The zero-order chi connectivity index (χ0) is 17.4. The maximum atomic E-state index is 11.3. The summed E-state index contributed by atoms with van der Waals surface area (Å²) < 4.78 is 5.10. The molecule has 0 aromatic heterocycles. The van der Waals surface area contributed by atoms with Crippen molar-refractivity contribution in [1.82, 2.24) is 10.7 Å². The SMILES string of the molecule is CCNC(=O)C(=O)N/N=C\c1cc(OCC)c(O)c([N+](=O)[O-])c1. The lowest BCUT2D eigenvalue weighted by Crippen LogP contribution is -2.37. The first-order valence-electron chi connectivity index (χ1n) is 6.66. The van der Waals surface area contributed by atoms with Gasteiger partial charge in [0.1, 0.15) is 0 Å². The van der Waals surface area contributed by atoms with Gasteiger partial charge in [-0.15, -0.1) is 0 Å². The molecule has 0 aliphatic heterocycles. The summed E-state index contributed by atoms with van der Waals surface area (Å²) >= 11 is 0. The summed E-state index contributed by atoms with van der Waals surface area (Å²) in [5.74, 6) is -2.50. The van der Waals surface area contributed by atoms with Crippen LogP contribution in [0.2, 0.25) is 0 Å². The van der Waals surface area contributed by atoms with Crippen LogP contribution in [-0.4, -0.2) is 41.2 Å². The highest BCUT2D eigenvalue weighted by Crippen LogP contribution is 2.36. The number of rotatable bonds is 6. The Morgan fingerprint density at radius 3 is 2.65 bits per heavy atom. The van der Waals surface area contributed by atoms with Gasteiger partial charge in [0.25, 0.3) is 0 Å². The number of carbonyl (C=O) groups excluding carboxylic acids is 2. The number of hydrogen-bond donors (Lipinski definition) is 3. The predicted molar refractivity (Wildman–Crippen MR) is 80.4 cm³/mol. The minimum absolute atomic E-state index is 0.0850. The maximum Gasteiger partial charge on any atom is 0.329 e. The molecule has 124 valence electrons. The lowest BCUT2D eigenvalue weighted by molar-refractivity contribution is -0.386. The summed E-state index contributed by atoms with van der Waals surface area (Å²) in [5, 5.41) is 26.4. The molecule has 0 fully saturated rings. The topological polar surface area (TPSA) is 143 Å². The number of likely N-dealkylation sites (N-methyl/N-ethyl adjacent to an activating group) is 1. The fourth-order valence-electron chi connectivity index (χ4n) is 1.55. The maximum absolute atomic E-state index is 11.3. The number of amides is 2. The highest BCUT2D eigenvalue weighted by atomic mass is 16.6. The highest BCUT2D eigenvalue weighted by Gasteiger charge is 2.19. The Hall–Kier alpha value is -3.17. The minimum atomic E-state index is -0.971. The molecule has 0 radical (unpaired) electrons. The van der Waals surface area contributed by atoms with Gasteiger partial charge in [0.2, 0.25) is 5.75 Å². The molecule has 2 amide bonds. The van der Waals surface area contributed by atoms with Crippen molar-refractivity contribution in [3.63, 3.8) is 0 Å². The molecule has 0 heterocycles. The number of nitrogens with zero attached hydrogens (tertiary/aromatic N) is 2. The number of aromatic hydroxyl groups is 1. The van der Waals surface area contributed by atoms with E-state index in [4.69, 9.17) is 4.74 Å². The van der Waals surface area contributed by atoms with Crippen LogP contribution in [-0.2, 0) is 9.59 Å². The number of phenols is 1. The van der Waals surface area contributed by atoms with Crippen LogP contribution in [0.3, 0.4) is 0 Å². The molecule has 10 nitrogen and oxygen atoms in total. The normalized spacial score (nSPS) is 10.3. The van der Waals surface area contributed by atoms with Crippen molar-refractivity contribution in [3.8, 4) is 11.5 Å². The van der Waals surface area contributed by atoms with E-state index in [-0.39, 0.29) is 24.5 Å². The van der Waals surface area contributed by atoms with Crippen LogP contribution in [0.1, 0.15) is 19.4 Å². The molecule has 0 atom stereocenters. The summed E-state index contributed by atoms with van der Waals surface area (Å²) in [6, 6.07) is 2.37. The molecule has 10 heteroatoms. The molecule has 0 aliphatic carbocycles. The number of nitro groups is 1. The number of nitro benzene ring substituents is 1. The lowest BCUT2D eigenvalue weighted by Gasteiger charge is -2.07. The van der Waals surface area contributed by atoms with E-state index >= 15 is 0 Å². The molecule has 0 unspecified atom stereocenters. The second-order valence-electron chi connectivity index (χ2n) is 4.14. The Morgan fingerprint density at radius 1 is 1.39 bits per heavy atom. The smallest absolute Gasteiger partial charge is 0.329 e.